The third-order valence-corrected chi connectivity index (χ3v) is 4.05. The average molecular weight is 265 g/mol. The zero-order valence-corrected chi connectivity index (χ0v) is 11.9. The van der Waals surface area contributed by atoms with Crippen LogP contribution in [0.3, 0.4) is 0 Å². The molecular weight excluding hydrogens is 241 g/mol. The molecule has 106 valence electrons. The van der Waals surface area contributed by atoms with Crippen LogP contribution in [-0.2, 0) is 6.54 Å². The van der Waals surface area contributed by atoms with E-state index in [2.05, 4.69) is 23.6 Å². The Morgan fingerprint density at radius 3 is 2.74 bits per heavy atom. The maximum absolute atomic E-state index is 13.4. The van der Waals surface area contributed by atoms with Crippen LogP contribution in [0.2, 0.25) is 0 Å². The van der Waals surface area contributed by atoms with E-state index in [0.717, 1.165) is 38.3 Å². The van der Waals surface area contributed by atoms with Gasteiger partial charge in [-0.15, -0.1) is 0 Å². The van der Waals surface area contributed by atoms with Crippen molar-refractivity contribution in [2.75, 3.05) is 31.9 Å². The van der Waals surface area contributed by atoms with Gasteiger partial charge in [0.25, 0.3) is 0 Å². The fourth-order valence-electron chi connectivity index (χ4n) is 2.92. The number of hydrogen-bond acceptors (Lipinski definition) is 3. The minimum atomic E-state index is -0.308. The highest BCUT2D eigenvalue weighted by Gasteiger charge is 2.25. The fourth-order valence-corrected chi connectivity index (χ4v) is 2.92. The number of anilines is 1. The number of rotatable bonds is 5. The van der Waals surface area contributed by atoms with Crippen molar-refractivity contribution < 1.29 is 4.39 Å². The molecule has 0 bridgehead atoms. The molecule has 1 fully saturated rings. The van der Waals surface area contributed by atoms with Gasteiger partial charge in [0.2, 0.25) is 0 Å². The van der Waals surface area contributed by atoms with Crippen molar-refractivity contribution in [1.29, 1.82) is 0 Å². The van der Waals surface area contributed by atoms with Crippen molar-refractivity contribution in [3.05, 3.63) is 29.6 Å². The summed E-state index contributed by atoms with van der Waals surface area (Å²) in [7, 11) is 0. The number of nitrogens with two attached hydrogens (primary N) is 1. The van der Waals surface area contributed by atoms with Gasteiger partial charge in [0.15, 0.2) is 0 Å². The number of nitrogen functional groups attached to an aromatic ring is 1. The van der Waals surface area contributed by atoms with E-state index in [9.17, 15) is 4.39 Å². The summed E-state index contributed by atoms with van der Waals surface area (Å²) >= 11 is 0. The second-order valence-corrected chi connectivity index (χ2v) is 5.25. The van der Waals surface area contributed by atoms with Crippen molar-refractivity contribution in [3.63, 3.8) is 0 Å². The van der Waals surface area contributed by atoms with Crippen molar-refractivity contribution >= 4 is 5.69 Å². The molecule has 1 heterocycles. The molecule has 1 unspecified atom stereocenters. The quantitative estimate of drug-likeness (QED) is 0.829. The maximum Gasteiger partial charge on any atom is 0.146 e. The van der Waals surface area contributed by atoms with Crippen LogP contribution in [0.25, 0.3) is 0 Å². The first-order chi connectivity index (χ1) is 9.13. The van der Waals surface area contributed by atoms with Gasteiger partial charge in [0.1, 0.15) is 5.82 Å². The van der Waals surface area contributed by atoms with Gasteiger partial charge >= 0.3 is 0 Å². The lowest BCUT2D eigenvalue weighted by molar-refractivity contribution is 0.209. The van der Waals surface area contributed by atoms with Crippen LogP contribution in [0, 0.1) is 5.82 Å². The number of nitrogens with zero attached hydrogens (tertiary/aromatic N) is 2. The summed E-state index contributed by atoms with van der Waals surface area (Å²) in [6.07, 6.45) is 1.21. The molecule has 0 amide bonds. The van der Waals surface area contributed by atoms with Crippen LogP contribution < -0.4 is 5.73 Å². The zero-order chi connectivity index (χ0) is 13.8. The normalized spacial score (nSPS) is 20.3. The van der Waals surface area contributed by atoms with Gasteiger partial charge in [-0.25, -0.2) is 4.39 Å². The second-order valence-electron chi connectivity index (χ2n) is 5.25. The number of halogens is 1. The first-order valence-corrected chi connectivity index (χ1v) is 7.14. The Balaban J connectivity index is 1.92. The molecule has 2 rings (SSSR count). The van der Waals surface area contributed by atoms with E-state index >= 15 is 0 Å². The van der Waals surface area contributed by atoms with Crippen LogP contribution in [0.4, 0.5) is 10.1 Å². The Bertz CT molecular complexity index is 418. The number of likely N-dealkylation sites (tertiary alicyclic amines) is 1. The lowest BCUT2D eigenvalue weighted by Gasteiger charge is -2.26. The molecule has 1 aromatic carbocycles. The van der Waals surface area contributed by atoms with Crippen LogP contribution in [0.5, 0.6) is 0 Å². The van der Waals surface area contributed by atoms with E-state index in [1.807, 2.05) is 6.07 Å². The van der Waals surface area contributed by atoms with E-state index in [0.29, 0.717) is 6.04 Å². The summed E-state index contributed by atoms with van der Waals surface area (Å²) < 4.78 is 13.4. The van der Waals surface area contributed by atoms with Gasteiger partial charge < -0.3 is 5.73 Å². The van der Waals surface area contributed by atoms with E-state index in [-0.39, 0.29) is 11.5 Å². The van der Waals surface area contributed by atoms with Gasteiger partial charge in [-0.3, -0.25) is 9.80 Å². The molecule has 2 N–H and O–H groups in total. The standard InChI is InChI=1S/C15H24FN3/c1-3-19(4-2)13-7-8-18(11-13)10-12-5-6-15(17)14(16)9-12/h5-6,9,13H,3-4,7-8,10-11,17H2,1-2H3. The molecule has 3 nitrogen and oxygen atoms in total. The topological polar surface area (TPSA) is 32.5 Å². The Kier molecular flexibility index (Phi) is 4.77. The lowest BCUT2D eigenvalue weighted by atomic mass is 10.2. The molecule has 1 aromatic rings. The molecule has 0 spiro atoms. The zero-order valence-electron chi connectivity index (χ0n) is 11.9. The first-order valence-electron chi connectivity index (χ1n) is 7.14. The number of hydrogen-bond donors (Lipinski definition) is 1. The van der Waals surface area contributed by atoms with Crippen molar-refractivity contribution in [2.24, 2.45) is 0 Å². The summed E-state index contributed by atoms with van der Waals surface area (Å²) in [6.45, 7) is 9.61. The van der Waals surface area contributed by atoms with E-state index in [4.69, 9.17) is 5.73 Å². The fraction of sp³-hybridized carbons (Fsp3) is 0.600. The Hall–Kier alpha value is -1.13. The summed E-state index contributed by atoms with van der Waals surface area (Å²) in [5, 5.41) is 0. The number of likely N-dealkylation sites (N-methyl/N-ethyl adjacent to an activating group) is 1. The minimum Gasteiger partial charge on any atom is -0.396 e. The summed E-state index contributed by atoms with van der Waals surface area (Å²) in [5.41, 5.74) is 6.73. The van der Waals surface area contributed by atoms with Crippen LogP contribution in [0.15, 0.2) is 18.2 Å². The van der Waals surface area contributed by atoms with Crippen molar-refractivity contribution in [1.82, 2.24) is 9.80 Å². The Morgan fingerprint density at radius 1 is 1.37 bits per heavy atom. The van der Waals surface area contributed by atoms with Crippen molar-refractivity contribution in [2.45, 2.75) is 32.9 Å². The SMILES string of the molecule is CCN(CC)C1CCN(Cc2ccc(N)c(F)c2)C1. The second kappa shape index (κ2) is 6.35. The third-order valence-electron chi connectivity index (χ3n) is 4.05. The average Bonchev–Trinajstić information content (AvgIpc) is 2.84. The Labute approximate surface area is 115 Å². The third kappa shape index (κ3) is 3.45. The molecule has 1 atom stereocenters. The van der Waals surface area contributed by atoms with E-state index in [1.54, 1.807) is 12.1 Å². The maximum atomic E-state index is 13.4. The predicted molar refractivity (Wildman–Crippen MR) is 77.4 cm³/mol. The summed E-state index contributed by atoms with van der Waals surface area (Å²) in [6, 6.07) is 5.78. The van der Waals surface area contributed by atoms with E-state index < -0.39 is 0 Å². The van der Waals surface area contributed by atoms with Gasteiger partial charge in [-0.1, -0.05) is 19.9 Å². The molecule has 4 heteroatoms. The monoisotopic (exact) mass is 265 g/mol. The summed E-state index contributed by atoms with van der Waals surface area (Å²) in [5.74, 6) is -0.308. The Morgan fingerprint density at radius 2 is 2.11 bits per heavy atom. The largest absolute Gasteiger partial charge is 0.396 e. The smallest absolute Gasteiger partial charge is 0.146 e. The molecule has 1 aliphatic heterocycles. The van der Waals surface area contributed by atoms with Crippen LogP contribution >= 0.6 is 0 Å². The van der Waals surface area contributed by atoms with Crippen LogP contribution in [0.1, 0.15) is 25.8 Å². The minimum absolute atomic E-state index is 0.228. The highest BCUT2D eigenvalue weighted by molar-refractivity contribution is 5.41. The van der Waals surface area contributed by atoms with Gasteiger partial charge in [0, 0.05) is 25.7 Å². The van der Waals surface area contributed by atoms with Crippen molar-refractivity contribution in [3.8, 4) is 0 Å². The van der Waals surface area contributed by atoms with E-state index in [1.165, 1.54) is 6.42 Å². The van der Waals surface area contributed by atoms with Crippen LogP contribution in [-0.4, -0.2) is 42.0 Å². The lowest BCUT2D eigenvalue weighted by Crippen LogP contribution is -2.37. The van der Waals surface area contributed by atoms with Gasteiger partial charge in [0.05, 0.1) is 5.69 Å². The van der Waals surface area contributed by atoms with Gasteiger partial charge in [-0.2, -0.15) is 0 Å². The highest BCUT2D eigenvalue weighted by atomic mass is 19.1. The molecule has 0 aliphatic carbocycles. The molecular formula is C15H24FN3. The van der Waals surface area contributed by atoms with Gasteiger partial charge in [-0.05, 0) is 37.2 Å². The molecule has 0 radical (unpaired) electrons. The summed E-state index contributed by atoms with van der Waals surface area (Å²) in [4.78, 5) is 4.90. The number of benzene rings is 1. The molecule has 19 heavy (non-hydrogen) atoms. The molecule has 1 aliphatic rings. The predicted octanol–water partition coefficient (Wildman–Crippen LogP) is 2.32. The molecule has 0 saturated carbocycles. The first kappa shape index (κ1) is 14.3. The molecule has 0 aromatic heterocycles. The highest BCUT2D eigenvalue weighted by Crippen LogP contribution is 2.19. The molecule has 1 saturated heterocycles.